The fourth-order valence-corrected chi connectivity index (χ4v) is 5.39. The summed E-state index contributed by atoms with van der Waals surface area (Å²) in [5.41, 5.74) is 1.29. The number of benzene rings is 3. The zero-order valence-corrected chi connectivity index (χ0v) is 20.8. The first kappa shape index (κ1) is 24.4. The largest absolute Gasteiger partial charge is 0.508 e. The second-order valence-electron chi connectivity index (χ2n) is 6.92. The van der Waals surface area contributed by atoms with E-state index in [1.165, 1.54) is 48.5 Å². The molecule has 1 fully saturated rings. The van der Waals surface area contributed by atoms with Crippen LogP contribution in [0, 0.1) is 0 Å². The Hall–Kier alpha value is -2.69. The van der Waals surface area contributed by atoms with Crippen molar-refractivity contribution in [3.8, 4) is 5.75 Å². The summed E-state index contributed by atoms with van der Waals surface area (Å²) < 4.78 is 27.8. The molecule has 1 saturated heterocycles. The van der Waals surface area contributed by atoms with E-state index in [2.05, 4.69) is 15.0 Å². The maximum Gasteiger partial charge on any atom is 0.264 e. The highest BCUT2D eigenvalue weighted by molar-refractivity contribution is 8.18. The highest BCUT2D eigenvalue weighted by Crippen LogP contribution is 2.34. The van der Waals surface area contributed by atoms with Crippen molar-refractivity contribution in [1.29, 1.82) is 0 Å². The monoisotopic (exact) mass is 553 g/mol. The number of aromatic hydroxyl groups is 1. The Balaban J connectivity index is 1.50. The molecule has 3 aromatic carbocycles. The molecule has 4 rings (SSSR count). The standard InChI is InChI=1S/C22H14Cl3N3O4S2/c23-16-10-18(25)19(11-17(16)24)28-34(31,32)15-7-3-13(4-8-15)26-22-27-21(30)20(33-22)9-12-1-5-14(29)6-2-12/h1-11,28-29H,(H,26,27,30)/b20-9-. The quantitative estimate of drug-likeness (QED) is 0.263. The van der Waals surface area contributed by atoms with Crippen molar-refractivity contribution < 1.29 is 18.3 Å². The number of phenolic OH excluding ortho intramolecular Hbond substituents is 1. The molecule has 0 saturated carbocycles. The number of carbonyl (C=O) groups is 1. The molecule has 0 radical (unpaired) electrons. The highest BCUT2D eigenvalue weighted by Gasteiger charge is 2.24. The molecular formula is C22H14Cl3N3O4S2. The number of hydrogen-bond donors (Lipinski definition) is 3. The van der Waals surface area contributed by atoms with Gasteiger partial charge in [0.15, 0.2) is 5.17 Å². The third-order valence-electron chi connectivity index (χ3n) is 4.47. The maximum atomic E-state index is 12.7. The number of nitrogens with zero attached hydrogens (tertiary/aromatic N) is 1. The van der Waals surface area contributed by atoms with Gasteiger partial charge < -0.3 is 10.4 Å². The molecule has 0 bridgehead atoms. The van der Waals surface area contributed by atoms with Gasteiger partial charge in [-0.15, -0.1) is 0 Å². The van der Waals surface area contributed by atoms with Gasteiger partial charge in [-0.3, -0.25) is 9.52 Å². The van der Waals surface area contributed by atoms with Crippen LogP contribution in [0.15, 0.2) is 75.5 Å². The van der Waals surface area contributed by atoms with E-state index in [0.29, 0.717) is 15.8 Å². The van der Waals surface area contributed by atoms with Gasteiger partial charge in [-0.05, 0) is 71.9 Å². The maximum absolute atomic E-state index is 12.7. The number of hydrogen-bond acceptors (Lipinski definition) is 6. The minimum atomic E-state index is -3.95. The molecule has 0 atom stereocenters. The van der Waals surface area contributed by atoms with E-state index in [1.807, 2.05) is 0 Å². The number of nitrogens with one attached hydrogen (secondary N) is 2. The van der Waals surface area contributed by atoms with E-state index in [0.717, 1.165) is 17.3 Å². The van der Waals surface area contributed by atoms with Crippen LogP contribution in [0.1, 0.15) is 5.56 Å². The number of halogens is 3. The Morgan fingerprint density at radius 2 is 1.59 bits per heavy atom. The van der Waals surface area contributed by atoms with Gasteiger partial charge in [0.1, 0.15) is 5.75 Å². The van der Waals surface area contributed by atoms with Gasteiger partial charge in [0.2, 0.25) is 0 Å². The molecule has 1 heterocycles. The van der Waals surface area contributed by atoms with Crippen molar-refractivity contribution in [3.05, 3.63) is 86.2 Å². The molecule has 3 N–H and O–H groups in total. The number of amides is 1. The van der Waals surface area contributed by atoms with E-state index in [9.17, 15) is 18.3 Å². The summed E-state index contributed by atoms with van der Waals surface area (Å²) in [6.07, 6.45) is 1.68. The first-order chi connectivity index (χ1) is 16.1. The number of aliphatic imine (C=N–C) groups is 1. The van der Waals surface area contributed by atoms with Crippen LogP contribution < -0.4 is 10.0 Å². The second-order valence-corrected chi connectivity index (χ2v) is 10.9. The zero-order chi connectivity index (χ0) is 24.5. The minimum absolute atomic E-state index is 0.0189. The number of amidine groups is 1. The van der Waals surface area contributed by atoms with Crippen LogP contribution >= 0.6 is 46.6 Å². The first-order valence-corrected chi connectivity index (χ1v) is 12.9. The van der Waals surface area contributed by atoms with Crippen molar-refractivity contribution in [2.24, 2.45) is 4.99 Å². The third-order valence-corrected chi connectivity index (χ3v) is 7.80. The minimum Gasteiger partial charge on any atom is -0.508 e. The van der Waals surface area contributed by atoms with Gasteiger partial charge in [-0.1, -0.05) is 46.9 Å². The first-order valence-electron chi connectivity index (χ1n) is 9.47. The fourth-order valence-electron chi connectivity index (χ4n) is 2.82. The molecular weight excluding hydrogens is 541 g/mol. The topological polar surface area (TPSA) is 108 Å². The number of rotatable bonds is 5. The number of anilines is 1. The number of thioether (sulfide) groups is 1. The van der Waals surface area contributed by atoms with Crippen LogP contribution in [0.5, 0.6) is 5.75 Å². The molecule has 0 aliphatic carbocycles. The number of phenols is 1. The number of sulfonamides is 1. The summed E-state index contributed by atoms with van der Waals surface area (Å²) >= 11 is 19.0. The molecule has 34 heavy (non-hydrogen) atoms. The van der Waals surface area contributed by atoms with Gasteiger partial charge >= 0.3 is 0 Å². The molecule has 12 heteroatoms. The molecule has 0 spiro atoms. The van der Waals surface area contributed by atoms with Gasteiger partial charge in [0.25, 0.3) is 15.9 Å². The number of carbonyl (C=O) groups excluding carboxylic acids is 1. The van der Waals surface area contributed by atoms with E-state index < -0.39 is 10.0 Å². The van der Waals surface area contributed by atoms with Crippen LogP contribution in [0.3, 0.4) is 0 Å². The van der Waals surface area contributed by atoms with Crippen LogP contribution in [-0.2, 0) is 14.8 Å². The predicted octanol–water partition coefficient (Wildman–Crippen LogP) is 6.04. The average Bonchev–Trinajstić information content (AvgIpc) is 3.12. The predicted molar refractivity (Wildman–Crippen MR) is 138 cm³/mol. The van der Waals surface area contributed by atoms with Crippen molar-refractivity contribution in [3.63, 3.8) is 0 Å². The van der Waals surface area contributed by atoms with Crippen molar-refractivity contribution >= 4 is 85.1 Å². The Morgan fingerprint density at radius 3 is 2.26 bits per heavy atom. The van der Waals surface area contributed by atoms with Gasteiger partial charge in [-0.25, -0.2) is 13.4 Å². The van der Waals surface area contributed by atoms with Crippen LogP contribution in [0.25, 0.3) is 6.08 Å². The van der Waals surface area contributed by atoms with Gasteiger partial charge in [0, 0.05) is 0 Å². The zero-order valence-electron chi connectivity index (χ0n) is 16.9. The fraction of sp³-hybridized carbons (Fsp3) is 0. The lowest BCUT2D eigenvalue weighted by atomic mass is 10.2. The molecule has 0 unspecified atom stereocenters. The second kappa shape index (κ2) is 9.89. The molecule has 7 nitrogen and oxygen atoms in total. The van der Waals surface area contributed by atoms with Crippen LogP contribution in [0.2, 0.25) is 15.1 Å². The van der Waals surface area contributed by atoms with E-state index >= 15 is 0 Å². The average molecular weight is 555 g/mol. The van der Waals surface area contributed by atoms with Crippen molar-refractivity contribution in [2.45, 2.75) is 4.90 Å². The van der Waals surface area contributed by atoms with Crippen molar-refractivity contribution in [2.75, 3.05) is 4.72 Å². The Bertz CT molecular complexity index is 1440. The molecule has 1 aliphatic heterocycles. The lowest BCUT2D eigenvalue weighted by Crippen LogP contribution is -2.19. The van der Waals surface area contributed by atoms with Crippen LogP contribution in [-0.4, -0.2) is 24.6 Å². The van der Waals surface area contributed by atoms with Gasteiger partial charge in [0.05, 0.1) is 36.2 Å². The Morgan fingerprint density at radius 1 is 0.941 bits per heavy atom. The van der Waals surface area contributed by atoms with E-state index in [4.69, 9.17) is 34.8 Å². The van der Waals surface area contributed by atoms with Gasteiger partial charge in [-0.2, -0.15) is 0 Å². The molecule has 0 aromatic heterocycles. The summed E-state index contributed by atoms with van der Waals surface area (Å²) in [5.74, 6) is -0.174. The summed E-state index contributed by atoms with van der Waals surface area (Å²) in [7, 11) is -3.95. The van der Waals surface area contributed by atoms with E-state index in [-0.39, 0.29) is 37.3 Å². The molecule has 174 valence electrons. The van der Waals surface area contributed by atoms with E-state index in [1.54, 1.807) is 18.2 Å². The lowest BCUT2D eigenvalue weighted by molar-refractivity contribution is -0.115. The molecule has 1 amide bonds. The van der Waals surface area contributed by atoms with Crippen LogP contribution in [0.4, 0.5) is 11.4 Å². The van der Waals surface area contributed by atoms with Crippen molar-refractivity contribution in [1.82, 2.24) is 5.32 Å². The normalized spacial score (nSPS) is 16.1. The Labute approximate surface area is 214 Å². The SMILES string of the molecule is O=C1NC(=Nc2ccc(S(=O)(=O)Nc3cc(Cl)c(Cl)cc3Cl)cc2)S/C1=C\c1ccc(O)cc1. The Kier molecular flexibility index (Phi) is 7.11. The summed E-state index contributed by atoms with van der Waals surface area (Å²) in [5, 5.41) is 12.9. The smallest absolute Gasteiger partial charge is 0.264 e. The third kappa shape index (κ3) is 5.68. The summed E-state index contributed by atoms with van der Waals surface area (Å²) in [4.78, 5) is 17.0. The highest BCUT2D eigenvalue weighted by atomic mass is 35.5. The lowest BCUT2D eigenvalue weighted by Gasteiger charge is -2.11. The summed E-state index contributed by atoms with van der Waals surface area (Å²) in [6, 6.07) is 14.9. The summed E-state index contributed by atoms with van der Waals surface area (Å²) in [6.45, 7) is 0. The molecule has 3 aromatic rings. The molecule has 1 aliphatic rings.